The summed E-state index contributed by atoms with van der Waals surface area (Å²) in [5, 5.41) is 0.658. The molecule has 2 heterocycles. The topological polar surface area (TPSA) is 51.4 Å². The van der Waals surface area contributed by atoms with Gasteiger partial charge in [-0.05, 0) is 37.1 Å². The van der Waals surface area contributed by atoms with Crippen LogP contribution in [0.5, 0.6) is 5.75 Å². The summed E-state index contributed by atoms with van der Waals surface area (Å²) < 4.78 is 5.27. The summed E-state index contributed by atoms with van der Waals surface area (Å²) in [5.41, 5.74) is 7.14. The molecule has 2 N–H and O–H groups in total. The van der Waals surface area contributed by atoms with Crippen LogP contribution in [0.1, 0.15) is 42.2 Å². The Balaban J connectivity index is 0.00000192. The molecule has 0 amide bonds. The van der Waals surface area contributed by atoms with Crippen molar-refractivity contribution in [3.8, 4) is 5.75 Å². The van der Waals surface area contributed by atoms with Gasteiger partial charge in [-0.25, -0.2) is 4.98 Å². The van der Waals surface area contributed by atoms with Crippen molar-refractivity contribution < 1.29 is 4.74 Å². The van der Waals surface area contributed by atoms with Crippen LogP contribution in [0, 0.1) is 0 Å². The number of nitrogens with two attached hydrogens (primary N) is 1. The quantitative estimate of drug-likeness (QED) is 0.891. The van der Waals surface area contributed by atoms with E-state index in [1.807, 2.05) is 6.20 Å². The molecule has 0 aliphatic carbocycles. The van der Waals surface area contributed by atoms with E-state index in [2.05, 4.69) is 34.1 Å². The molecule has 1 atom stereocenters. The van der Waals surface area contributed by atoms with Crippen molar-refractivity contribution in [3.63, 3.8) is 0 Å². The molecule has 1 aromatic carbocycles. The Kier molecular flexibility index (Phi) is 6.69. The molecule has 0 spiro atoms. The smallest absolute Gasteiger partial charge is 0.180 e. The lowest BCUT2D eigenvalue weighted by Crippen LogP contribution is -2.27. The minimum Gasteiger partial charge on any atom is -0.497 e. The van der Waals surface area contributed by atoms with Gasteiger partial charge in [0.2, 0.25) is 0 Å². The second-order valence-corrected chi connectivity index (χ2v) is 6.92. The van der Waals surface area contributed by atoms with Gasteiger partial charge in [0.15, 0.2) is 5.13 Å². The average Bonchev–Trinajstić information content (AvgIpc) is 2.81. The second kappa shape index (κ2) is 8.52. The van der Waals surface area contributed by atoms with Gasteiger partial charge in [0.1, 0.15) is 5.75 Å². The first-order valence-corrected chi connectivity index (χ1v) is 8.66. The lowest BCUT2D eigenvalue weighted by Gasteiger charge is -2.30. The van der Waals surface area contributed by atoms with Gasteiger partial charge in [-0.3, -0.25) is 4.90 Å². The van der Waals surface area contributed by atoms with E-state index in [1.165, 1.54) is 36.1 Å². The van der Waals surface area contributed by atoms with E-state index < -0.39 is 0 Å². The van der Waals surface area contributed by atoms with Gasteiger partial charge in [-0.1, -0.05) is 25.0 Å². The summed E-state index contributed by atoms with van der Waals surface area (Å²) in [5.74, 6) is 0.916. The van der Waals surface area contributed by atoms with Gasteiger partial charge in [0.05, 0.1) is 7.11 Å². The van der Waals surface area contributed by atoms with Gasteiger partial charge in [-0.15, -0.1) is 23.7 Å². The van der Waals surface area contributed by atoms with Crippen molar-refractivity contribution in [1.82, 2.24) is 9.88 Å². The molecular formula is C17H24ClN3OS. The summed E-state index contributed by atoms with van der Waals surface area (Å²) >= 11 is 1.60. The molecule has 0 radical (unpaired) electrons. The number of nitrogen functional groups attached to an aromatic ring is 1. The molecule has 126 valence electrons. The van der Waals surface area contributed by atoms with Gasteiger partial charge < -0.3 is 10.5 Å². The Hall–Kier alpha value is -1.30. The van der Waals surface area contributed by atoms with Crippen LogP contribution in [0.4, 0.5) is 5.13 Å². The highest BCUT2D eigenvalue weighted by molar-refractivity contribution is 7.15. The van der Waals surface area contributed by atoms with E-state index in [4.69, 9.17) is 10.5 Å². The molecule has 1 unspecified atom stereocenters. The van der Waals surface area contributed by atoms with Gasteiger partial charge >= 0.3 is 0 Å². The van der Waals surface area contributed by atoms with Crippen molar-refractivity contribution in [2.24, 2.45) is 0 Å². The van der Waals surface area contributed by atoms with Crippen molar-refractivity contribution in [2.45, 2.75) is 38.3 Å². The fraction of sp³-hybridized carbons (Fsp3) is 0.471. The third-order valence-electron chi connectivity index (χ3n) is 4.29. The lowest BCUT2D eigenvalue weighted by molar-refractivity contribution is 0.194. The first-order chi connectivity index (χ1) is 10.8. The number of methoxy groups -OCH3 is 1. The third kappa shape index (κ3) is 4.59. The number of ether oxygens (including phenoxy) is 1. The number of benzene rings is 1. The standard InChI is InChI=1S/C17H23N3OS.ClH/c1-21-14-8-6-13(7-9-14)16-5-3-2-4-10-20(16)12-15-11-19-17(18)22-15;/h6-9,11,16H,2-5,10,12H2,1H3,(H2,18,19);1H. The molecule has 3 rings (SSSR count). The van der Waals surface area contributed by atoms with E-state index in [0.717, 1.165) is 18.8 Å². The number of halogens is 1. The van der Waals surface area contributed by atoms with Crippen LogP contribution in [-0.4, -0.2) is 23.5 Å². The first kappa shape index (κ1) is 18.0. The number of nitrogens with zero attached hydrogens (tertiary/aromatic N) is 2. The van der Waals surface area contributed by atoms with Crippen LogP contribution in [0.25, 0.3) is 0 Å². The minimum atomic E-state index is 0. The summed E-state index contributed by atoms with van der Waals surface area (Å²) in [6, 6.07) is 8.98. The molecule has 1 aliphatic rings. The number of thiazole rings is 1. The molecule has 1 fully saturated rings. The highest BCUT2D eigenvalue weighted by Gasteiger charge is 2.23. The molecule has 0 bridgehead atoms. The zero-order chi connectivity index (χ0) is 15.4. The Bertz CT molecular complexity index is 602. The van der Waals surface area contributed by atoms with Gasteiger partial charge in [0, 0.05) is 23.7 Å². The molecule has 0 saturated carbocycles. The van der Waals surface area contributed by atoms with Crippen molar-refractivity contribution in [3.05, 3.63) is 40.9 Å². The van der Waals surface area contributed by atoms with Crippen LogP contribution in [0.2, 0.25) is 0 Å². The van der Waals surface area contributed by atoms with E-state index in [-0.39, 0.29) is 12.4 Å². The maximum Gasteiger partial charge on any atom is 0.180 e. The Morgan fingerprint density at radius 3 is 2.70 bits per heavy atom. The van der Waals surface area contributed by atoms with E-state index in [9.17, 15) is 0 Å². The van der Waals surface area contributed by atoms with Gasteiger partial charge in [-0.2, -0.15) is 0 Å². The van der Waals surface area contributed by atoms with Crippen LogP contribution >= 0.6 is 23.7 Å². The van der Waals surface area contributed by atoms with Crippen molar-refractivity contribution >= 4 is 28.9 Å². The normalized spacial score (nSPS) is 18.9. The Labute approximate surface area is 148 Å². The predicted octanol–water partition coefficient (Wildman–Crippen LogP) is 4.27. The SMILES string of the molecule is COc1ccc(C2CCCCCN2Cc2cnc(N)s2)cc1.Cl. The fourth-order valence-corrected chi connectivity index (χ4v) is 3.87. The summed E-state index contributed by atoms with van der Waals surface area (Å²) in [7, 11) is 1.71. The molecule has 2 aromatic rings. The number of hydrogen-bond acceptors (Lipinski definition) is 5. The molecule has 4 nitrogen and oxygen atoms in total. The highest BCUT2D eigenvalue weighted by atomic mass is 35.5. The zero-order valence-electron chi connectivity index (χ0n) is 13.4. The predicted molar refractivity (Wildman–Crippen MR) is 98.4 cm³/mol. The van der Waals surface area contributed by atoms with Crippen LogP contribution in [-0.2, 0) is 6.54 Å². The third-order valence-corrected chi connectivity index (χ3v) is 5.11. The van der Waals surface area contributed by atoms with Gasteiger partial charge in [0.25, 0.3) is 0 Å². The van der Waals surface area contributed by atoms with E-state index >= 15 is 0 Å². The lowest BCUT2D eigenvalue weighted by atomic mass is 10.0. The highest BCUT2D eigenvalue weighted by Crippen LogP contribution is 2.33. The fourth-order valence-electron chi connectivity index (χ4n) is 3.16. The number of likely N-dealkylation sites (tertiary alicyclic amines) is 1. The second-order valence-electron chi connectivity index (χ2n) is 5.77. The Morgan fingerprint density at radius 1 is 1.26 bits per heavy atom. The van der Waals surface area contributed by atoms with Crippen molar-refractivity contribution in [2.75, 3.05) is 19.4 Å². The average molecular weight is 354 g/mol. The molecule has 6 heteroatoms. The number of rotatable bonds is 4. The molecule has 23 heavy (non-hydrogen) atoms. The first-order valence-electron chi connectivity index (χ1n) is 7.84. The zero-order valence-corrected chi connectivity index (χ0v) is 15.0. The number of aromatic nitrogens is 1. The van der Waals surface area contributed by atoms with Crippen LogP contribution in [0.3, 0.4) is 0 Å². The largest absolute Gasteiger partial charge is 0.497 e. The monoisotopic (exact) mass is 353 g/mol. The molecule has 1 aromatic heterocycles. The van der Waals surface area contributed by atoms with E-state index in [1.54, 1.807) is 18.4 Å². The Morgan fingerprint density at radius 2 is 2.04 bits per heavy atom. The molecule has 1 aliphatic heterocycles. The number of anilines is 1. The maximum absolute atomic E-state index is 5.77. The summed E-state index contributed by atoms with van der Waals surface area (Å²) in [6.45, 7) is 2.07. The summed E-state index contributed by atoms with van der Waals surface area (Å²) in [6.07, 6.45) is 6.99. The summed E-state index contributed by atoms with van der Waals surface area (Å²) in [4.78, 5) is 8.00. The minimum absolute atomic E-state index is 0. The van der Waals surface area contributed by atoms with Crippen LogP contribution in [0.15, 0.2) is 30.5 Å². The van der Waals surface area contributed by atoms with E-state index in [0.29, 0.717) is 11.2 Å². The molecule has 1 saturated heterocycles. The van der Waals surface area contributed by atoms with Crippen LogP contribution < -0.4 is 10.5 Å². The van der Waals surface area contributed by atoms with Crippen molar-refractivity contribution in [1.29, 1.82) is 0 Å². The number of hydrogen-bond donors (Lipinski definition) is 1. The maximum atomic E-state index is 5.77. The molecular weight excluding hydrogens is 330 g/mol.